The first-order valence-corrected chi connectivity index (χ1v) is 8.02. The summed E-state index contributed by atoms with van der Waals surface area (Å²) < 4.78 is 38.0. The average Bonchev–Trinajstić information content (AvgIpc) is 2.39. The lowest BCUT2D eigenvalue weighted by Crippen LogP contribution is -2.40. The molecule has 0 saturated carbocycles. The Kier molecular flexibility index (Phi) is 6.29. The lowest BCUT2D eigenvalue weighted by Gasteiger charge is -2.08. The molecule has 1 aromatic carbocycles. The number of benzene rings is 1. The van der Waals surface area contributed by atoms with Gasteiger partial charge in [-0.25, -0.2) is 12.8 Å². The van der Waals surface area contributed by atoms with Gasteiger partial charge in [-0.05, 0) is 24.1 Å². The molecule has 8 heteroatoms. The molecule has 0 aliphatic heterocycles. The number of nitrogens with one attached hydrogen (secondary N) is 2. The minimum Gasteiger partial charge on any atom is -0.347 e. The molecular formula is C13H17FN2O4S. The fraction of sp³-hybridized carbons (Fsp3) is 0.385. The van der Waals surface area contributed by atoms with Crippen LogP contribution in [0.3, 0.4) is 0 Å². The van der Waals surface area contributed by atoms with E-state index in [1.165, 1.54) is 12.1 Å². The molecule has 0 saturated heterocycles. The highest BCUT2D eigenvalue weighted by Crippen LogP contribution is 2.06. The van der Waals surface area contributed by atoms with Crippen molar-refractivity contribution in [3.8, 4) is 0 Å². The SMILES string of the molecule is CCCC(=O)NCC(=O)NS(=O)(=O)Cc1ccc(F)cc1. The van der Waals surface area contributed by atoms with Gasteiger partial charge >= 0.3 is 0 Å². The van der Waals surface area contributed by atoms with E-state index >= 15 is 0 Å². The van der Waals surface area contributed by atoms with Gasteiger partial charge in [-0.1, -0.05) is 19.1 Å². The second-order valence-electron chi connectivity index (χ2n) is 4.44. The Bertz CT molecular complexity index is 599. The molecule has 2 N–H and O–H groups in total. The number of hydrogen-bond acceptors (Lipinski definition) is 4. The van der Waals surface area contributed by atoms with Crippen LogP contribution in [0.5, 0.6) is 0 Å². The Morgan fingerprint density at radius 1 is 1.14 bits per heavy atom. The molecule has 0 bridgehead atoms. The molecule has 1 rings (SSSR count). The van der Waals surface area contributed by atoms with Crippen molar-refractivity contribution in [2.24, 2.45) is 0 Å². The van der Waals surface area contributed by atoms with Gasteiger partial charge < -0.3 is 5.32 Å². The summed E-state index contributed by atoms with van der Waals surface area (Å²) in [6, 6.07) is 4.92. The molecule has 0 heterocycles. The van der Waals surface area contributed by atoms with Crippen molar-refractivity contribution in [1.29, 1.82) is 0 Å². The third kappa shape index (κ3) is 6.84. The highest BCUT2D eigenvalue weighted by atomic mass is 32.2. The van der Waals surface area contributed by atoms with E-state index in [4.69, 9.17) is 0 Å². The number of hydrogen-bond donors (Lipinski definition) is 2. The Labute approximate surface area is 122 Å². The summed E-state index contributed by atoms with van der Waals surface area (Å²) in [7, 11) is -3.88. The van der Waals surface area contributed by atoms with Gasteiger partial charge in [0, 0.05) is 6.42 Å². The predicted molar refractivity (Wildman–Crippen MR) is 75.1 cm³/mol. The van der Waals surface area contributed by atoms with Gasteiger partial charge in [-0.15, -0.1) is 0 Å². The molecule has 6 nitrogen and oxygen atoms in total. The number of amides is 2. The fourth-order valence-corrected chi connectivity index (χ4v) is 2.66. The van der Waals surface area contributed by atoms with E-state index in [0.717, 1.165) is 12.1 Å². The van der Waals surface area contributed by atoms with Gasteiger partial charge in [0.25, 0.3) is 5.91 Å². The molecule has 0 fully saturated rings. The smallest absolute Gasteiger partial charge is 0.252 e. The number of carbonyl (C=O) groups excluding carboxylic acids is 2. The van der Waals surface area contributed by atoms with E-state index in [1.54, 1.807) is 0 Å². The van der Waals surface area contributed by atoms with Crippen LogP contribution < -0.4 is 10.0 Å². The molecule has 0 aliphatic rings. The average molecular weight is 316 g/mol. The molecule has 0 aromatic heterocycles. The lowest BCUT2D eigenvalue weighted by molar-refractivity contribution is -0.125. The molecule has 2 amide bonds. The first-order chi connectivity index (χ1) is 9.82. The highest BCUT2D eigenvalue weighted by molar-refractivity contribution is 7.89. The summed E-state index contributed by atoms with van der Waals surface area (Å²) in [4.78, 5) is 22.6. The van der Waals surface area contributed by atoms with Crippen LogP contribution in [0.25, 0.3) is 0 Å². The van der Waals surface area contributed by atoms with Crippen molar-refractivity contribution in [3.05, 3.63) is 35.6 Å². The number of halogens is 1. The van der Waals surface area contributed by atoms with Crippen LogP contribution in [-0.4, -0.2) is 26.8 Å². The largest absolute Gasteiger partial charge is 0.347 e. The number of sulfonamides is 1. The second-order valence-corrected chi connectivity index (χ2v) is 6.16. The molecule has 0 atom stereocenters. The van der Waals surface area contributed by atoms with Crippen LogP contribution in [0.2, 0.25) is 0 Å². The van der Waals surface area contributed by atoms with Crippen LogP contribution >= 0.6 is 0 Å². The summed E-state index contributed by atoms with van der Waals surface area (Å²) in [5.41, 5.74) is 0.353. The van der Waals surface area contributed by atoms with E-state index in [0.29, 0.717) is 12.0 Å². The van der Waals surface area contributed by atoms with Gasteiger partial charge in [-0.3, -0.25) is 14.3 Å². The van der Waals surface area contributed by atoms with E-state index < -0.39 is 34.0 Å². The van der Waals surface area contributed by atoms with E-state index in [-0.39, 0.29) is 12.3 Å². The van der Waals surface area contributed by atoms with Crippen molar-refractivity contribution in [3.63, 3.8) is 0 Å². The van der Waals surface area contributed by atoms with Crippen LogP contribution in [-0.2, 0) is 25.4 Å². The van der Waals surface area contributed by atoms with E-state index in [9.17, 15) is 22.4 Å². The first-order valence-electron chi connectivity index (χ1n) is 6.37. The zero-order chi connectivity index (χ0) is 15.9. The Morgan fingerprint density at radius 3 is 2.33 bits per heavy atom. The van der Waals surface area contributed by atoms with Crippen molar-refractivity contribution in [2.45, 2.75) is 25.5 Å². The van der Waals surface area contributed by atoms with Gasteiger partial charge in [0.15, 0.2) is 0 Å². The van der Waals surface area contributed by atoms with E-state index in [2.05, 4.69) is 5.32 Å². The molecule has 0 aliphatic carbocycles. The fourth-order valence-electron chi connectivity index (χ4n) is 1.54. The monoisotopic (exact) mass is 316 g/mol. The molecule has 21 heavy (non-hydrogen) atoms. The minimum absolute atomic E-state index is 0.273. The number of carbonyl (C=O) groups is 2. The lowest BCUT2D eigenvalue weighted by atomic mass is 10.2. The summed E-state index contributed by atoms with van der Waals surface area (Å²) in [5.74, 6) is -2.05. The van der Waals surface area contributed by atoms with Gasteiger partial charge in [-0.2, -0.15) is 0 Å². The normalized spacial score (nSPS) is 11.0. The van der Waals surface area contributed by atoms with Crippen molar-refractivity contribution >= 4 is 21.8 Å². The van der Waals surface area contributed by atoms with Gasteiger partial charge in [0.1, 0.15) is 5.82 Å². The quantitative estimate of drug-likeness (QED) is 0.774. The Hall–Kier alpha value is -1.96. The van der Waals surface area contributed by atoms with Crippen LogP contribution in [0.4, 0.5) is 4.39 Å². The molecule has 0 spiro atoms. The predicted octanol–water partition coefficient (Wildman–Crippen LogP) is 0.688. The Balaban J connectivity index is 2.50. The molecule has 1 aromatic rings. The molecule has 0 radical (unpaired) electrons. The highest BCUT2D eigenvalue weighted by Gasteiger charge is 2.16. The van der Waals surface area contributed by atoms with Crippen molar-refractivity contribution < 1.29 is 22.4 Å². The summed E-state index contributed by atoms with van der Waals surface area (Å²) >= 11 is 0. The van der Waals surface area contributed by atoms with E-state index in [1.807, 2.05) is 11.6 Å². The van der Waals surface area contributed by atoms with Gasteiger partial charge in [0.2, 0.25) is 15.9 Å². The maximum atomic E-state index is 12.7. The molecule has 0 unspecified atom stereocenters. The Morgan fingerprint density at radius 2 is 1.76 bits per heavy atom. The van der Waals surface area contributed by atoms with Crippen molar-refractivity contribution in [1.82, 2.24) is 10.0 Å². The van der Waals surface area contributed by atoms with Crippen molar-refractivity contribution in [2.75, 3.05) is 6.54 Å². The van der Waals surface area contributed by atoms with Crippen LogP contribution in [0.15, 0.2) is 24.3 Å². The zero-order valence-electron chi connectivity index (χ0n) is 11.6. The molecule has 116 valence electrons. The first kappa shape index (κ1) is 17.1. The van der Waals surface area contributed by atoms with Gasteiger partial charge in [0.05, 0.1) is 12.3 Å². The summed E-state index contributed by atoms with van der Waals surface area (Å²) in [6.07, 6.45) is 0.909. The summed E-state index contributed by atoms with van der Waals surface area (Å²) in [6.45, 7) is 1.41. The minimum atomic E-state index is -3.88. The third-order valence-electron chi connectivity index (χ3n) is 2.46. The number of rotatable bonds is 7. The maximum Gasteiger partial charge on any atom is 0.252 e. The third-order valence-corrected chi connectivity index (χ3v) is 3.71. The standard InChI is InChI=1S/C13H17FN2O4S/c1-2-3-12(17)15-8-13(18)16-21(19,20)9-10-4-6-11(14)7-5-10/h4-7H,2-3,8-9H2,1H3,(H,15,17)(H,16,18). The van der Waals surface area contributed by atoms with Crippen LogP contribution in [0, 0.1) is 5.82 Å². The van der Waals surface area contributed by atoms with Crippen LogP contribution in [0.1, 0.15) is 25.3 Å². The maximum absolute atomic E-state index is 12.7. The topological polar surface area (TPSA) is 92.3 Å². The zero-order valence-corrected chi connectivity index (χ0v) is 12.4. The summed E-state index contributed by atoms with van der Waals surface area (Å²) in [5, 5.41) is 2.31. The second kappa shape index (κ2) is 7.72. The molecular weight excluding hydrogens is 299 g/mol.